The van der Waals surface area contributed by atoms with Crippen LogP contribution < -0.4 is 4.74 Å². The van der Waals surface area contributed by atoms with Gasteiger partial charge in [-0.3, -0.25) is 24.2 Å². The number of aliphatic carboxylic acids is 1. The quantitative estimate of drug-likeness (QED) is 0.402. The van der Waals surface area contributed by atoms with Gasteiger partial charge in [-0.25, -0.2) is 8.78 Å². The van der Waals surface area contributed by atoms with Crippen molar-refractivity contribution in [2.24, 2.45) is 5.92 Å². The summed E-state index contributed by atoms with van der Waals surface area (Å²) < 4.78 is 34.4. The van der Waals surface area contributed by atoms with Gasteiger partial charge in [0.2, 0.25) is 11.8 Å². The number of carboxylic acids is 1. The van der Waals surface area contributed by atoms with Crippen molar-refractivity contribution < 1.29 is 33.0 Å². The Morgan fingerprint density at radius 3 is 2.39 bits per heavy atom. The summed E-state index contributed by atoms with van der Waals surface area (Å²) in [5.41, 5.74) is 1.04. The molecule has 0 bridgehead atoms. The number of halogens is 3. The zero-order valence-electron chi connectivity index (χ0n) is 20.2. The lowest BCUT2D eigenvalue weighted by Crippen LogP contribution is -2.33. The van der Waals surface area contributed by atoms with Crippen LogP contribution in [0.3, 0.4) is 0 Å². The molecule has 10 heteroatoms. The minimum atomic E-state index is -1.05. The predicted octanol–water partition coefficient (Wildman–Crippen LogP) is 4.82. The molecule has 7 nitrogen and oxygen atoms in total. The van der Waals surface area contributed by atoms with E-state index >= 15 is 0 Å². The van der Waals surface area contributed by atoms with E-state index in [1.54, 1.807) is 12.1 Å². The third kappa shape index (κ3) is 7.24. The first kappa shape index (κ1) is 27.5. The number of ether oxygens (including phenoxy) is 1. The van der Waals surface area contributed by atoms with E-state index in [2.05, 4.69) is 0 Å². The molecule has 0 aromatic heterocycles. The molecule has 1 aliphatic heterocycles. The fourth-order valence-electron chi connectivity index (χ4n) is 4.23. The molecule has 2 aromatic carbocycles. The first-order valence-corrected chi connectivity index (χ1v) is 12.1. The van der Waals surface area contributed by atoms with Gasteiger partial charge in [0, 0.05) is 32.0 Å². The maximum Gasteiger partial charge on any atom is 0.305 e. The molecular weight excluding hydrogens is 494 g/mol. The van der Waals surface area contributed by atoms with E-state index in [4.69, 9.17) is 16.3 Å². The highest BCUT2D eigenvalue weighted by molar-refractivity contribution is 6.30. The van der Waals surface area contributed by atoms with Crippen molar-refractivity contribution in [1.29, 1.82) is 0 Å². The fraction of sp³-hybridized carbons (Fsp3) is 0.423. The summed E-state index contributed by atoms with van der Waals surface area (Å²) in [6.45, 7) is 4.67. The Labute approximate surface area is 213 Å². The Morgan fingerprint density at radius 1 is 1.11 bits per heavy atom. The predicted molar refractivity (Wildman–Crippen MR) is 130 cm³/mol. The number of hydrogen-bond acceptors (Lipinski definition) is 5. The molecule has 1 heterocycles. The number of carbonyl (C=O) groups is 3. The van der Waals surface area contributed by atoms with Crippen molar-refractivity contribution >= 4 is 29.4 Å². The first-order valence-electron chi connectivity index (χ1n) is 11.7. The second-order valence-electron chi connectivity index (χ2n) is 9.16. The SMILES string of the molecule is CC(C)CN(Cc1ccc(OCCN2C(=O)CCC2=O)c(F)c1)[C@H](CC(=O)O)c1ccc(Cl)c(F)c1. The van der Waals surface area contributed by atoms with E-state index in [1.165, 1.54) is 24.3 Å². The van der Waals surface area contributed by atoms with Gasteiger partial charge in [0.15, 0.2) is 11.6 Å². The molecular formula is C26H29ClF2N2O5. The molecule has 36 heavy (non-hydrogen) atoms. The maximum atomic E-state index is 14.8. The minimum Gasteiger partial charge on any atom is -0.489 e. The van der Waals surface area contributed by atoms with E-state index in [0.29, 0.717) is 17.7 Å². The molecule has 2 aromatic rings. The monoisotopic (exact) mass is 522 g/mol. The molecule has 0 radical (unpaired) electrons. The normalized spacial score (nSPS) is 14.7. The lowest BCUT2D eigenvalue weighted by Gasteiger charge is -2.33. The number of nitrogens with zero attached hydrogens (tertiary/aromatic N) is 2. The highest BCUT2D eigenvalue weighted by Crippen LogP contribution is 2.30. The highest BCUT2D eigenvalue weighted by Gasteiger charge is 2.29. The van der Waals surface area contributed by atoms with E-state index < -0.39 is 23.6 Å². The third-order valence-corrected chi connectivity index (χ3v) is 6.15. The van der Waals surface area contributed by atoms with Crippen molar-refractivity contribution in [3.05, 3.63) is 64.2 Å². The van der Waals surface area contributed by atoms with Gasteiger partial charge in [-0.15, -0.1) is 0 Å². The van der Waals surface area contributed by atoms with Crippen molar-refractivity contribution in [3.8, 4) is 5.75 Å². The average molecular weight is 523 g/mol. The molecule has 0 spiro atoms. The Kier molecular flexibility index (Phi) is 9.39. The molecule has 1 saturated heterocycles. The Hall–Kier alpha value is -3.04. The van der Waals surface area contributed by atoms with Crippen LogP contribution in [-0.2, 0) is 20.9 Å². The molecule has 2 amide bonds. The van der Waals surface area contributed by atoms with Gasteiger partial charge in [0.25, 0.3) is 0 Å². The number of carbonyl (C=O) groups excluding carboxylic acids is 2. The summed E-state index contributed by atoms with van der Waals surface area (Å²) in [5.74, 6) is -2.70. The van der Waals surface area contributed by atoms with Crippen LogP contribution in [-0.4, -0.2) is 52.4 Å². The molecule has 1 N–H and O–H groups in total. The summed E-state index contributed by atoms with van der Waals surface area (Å²) in [5, 5.41) is 9.47. The minimum absolute atomic E-state index is 0.0184. The first-order chi connectivity index (χ1) is 17.0. The van der Waals surface area contributed by atoms with Crippen LogP contribution in [0.15, 0.2) is 36.4 Å². The standard InChI is InChI=1S/C26H29ClF2N2O5/c1-16(2)14-30(22(13-26(34)35)18-4-5-19(27)20(28)12-18)15-17-3-6-23(21(29)11-17)36-10-9-31-24(32)7-8-25(31)33/h3-6,11-12,16,22H,7-10,13-15H2,1-2H3,(H,34,35)/t22-/m1/s1. The molecule has 0 aliphatic carbocycles. The van der Waals surface area contributed by atoms with Gasteiger partial charge in [0.1, 0.15) is 12.4 Å². The second kappa shape index (κ2) is 12.3. The Balaban J connectivity index is 1.75. The molecule has 0 saturated carbocycles. The fourth-order valence-corrected chi connectivity index (χ4v) is 4.34. The molecule has 1 atom stereocenters. The van der Waals surface area contributed by atoms with Crippen molar-refractivity contribution in [1.82, 2.24) is 9.80 Å². The number of amides is 2. The zero-order valence-corrected chi connectivity index (χ0v) is 20.9. The smallest absolute Gasteiger partial charge is 0.305 e. The van der Waals surface area contributed by atoms with Crippen LogP contribution in [0, 0.1) is 17.6 Å². The third-order valence-electron chi connectivity index (χ3n) is 5.85. The van der Waals surface area contributed by atoms with E-state index in [9.17, 15) is 28.3 Å². The van der Waals surface area contributed by atoms with Crippen molar-refractivity contribution in [3.63, 3.8) is 0 Å². The molecule has 3 rings (SSSR count). The van der Waals surface area contributed by atoms with Gasteiger partial charge in [-0.2, -0.15) is 0 Å². The summed E-state index contributed by atoms with van der Waals surface area (Å²) in [7, 11) is 0. The van der Waals surface area contributed by atoms with Crippen molar-refractivity contribution in [2.75, 3.05) is 19.7 Å². The second-order valence-corrected chi connectivity index (χ2v) is 9.57. The Bertz CT molecular complexity index is 1110. The summed E-state index contributed by atoms with van der Waals surface area (Å²) in [6, 6.07) is 7.99. The lowest BCUT2D eigenvalue weighted by molar-refractivity contribution is -0.140. The van der Waals surface area contributed by atoms with Crippen LogP contribution in [0.1, 0.15) is 50.3 Å². The van der Waals surface area contributed by atoms with Crippen LogP contribution in [0.4, 0.5) is 8.78 Å². The Morgan fingerprint density at radius 2 is 1.81 bits per heavy atom. The topological polar surface area (TPSA) is 87.2 Å². The number of likely N-dealkylation sites (tertiary alicyclic amines) is 1. The van der Waals surface area contributed by atoms with Crippen molar-refractivity contribution in [2.45, 2.75) is 45.7 Å². The van der Waals surface area contributed by atoms with Gasteiger partial charge < -0.3 is 9.84 Å². The summed E-state index contributed by atoms with van der Waals surface area (Å²) >= 11 is 5.81. The number of imide groups is 1. The van der Waals surface area contributed by atoms with Gasteiger partial charge in [-0.05, 0) is 41.3 Å². The molecule has 1 fully saturated rings. The number of benzene rings is 2. The maximum absolute atomic E-state index is 14.8. The van der Waals surface area contributed by atoms with E-state index in [-0.39, 0.29) is 67.5 Å². The summed E-state index contributed by atoms with van der Waals surface area (Å²) in [6.07, 6.45) is 0.0893. The van der Waals surface area contributed by atoms with E-state index in [1.807, 2.05) is 18.7 Å². The number of rotatable bonds is 12. The molecule has 1 aliphatic rings. The van der Waals surface area contributed by atoms with Gasteiger partial charge in [0.05, 0.1) is 18.0 Å². The largest absolute Gasteiger partial charge is 0.489 e. The number of carboxylic acid groups (broad SMARTS) is 1. The van der Waals surface area contributed by atoms with Gasteiger partial charge in [-0.1, -0.05) is 37.6 Å². The molecule has 194 valence electrons. The highest BCUT2D eigenvalue weighted by atomic mass is 35.5. The van der Waals surface area contributed by atoms with Crippen LogP contribution >= 0.6 is 11.6 Å². The summed E-state index contributed by atoms with van der Waals surface area (Å²) in [4.78, 5) is 38.0. The van der Waals surface area contributed by atoms with Gasteiger partial charge >= 0.3 is 5.97 Å². The number of hydrogen-bond donors (Lipinski definition) is 1. The molecule has 0 unspecified atom stereocenters. The zero-order chi connectivity index (χ0) is 26.4. The van der Waals surface area contributed by atoms with Crippen LogP contribution in [0.2, 0.25) is 5.02 Å². The lowest BCUT2D eigenvalue weighted by atomic mass is 9.99. The average Bonchev–Trinajstić information content (AvgIpc) is 3.12. The van der Waals surface area contributed by atoms with E-state index in [0.717, 1.165) is 4.90 Å². The van der Waals surface area contributed by atoms with Crippen LogP contribution in [0.5, 0.6) is 5.75 Å². The van der Waals surface area contributed by atoms with Crippen LogP contribution in [0.25, 0.3) is 0 Å².